The third-order valence-electron chi connectivity index (χ3n) is 3.15. The van der Waals surface area contributed by atoms with Gasteiger partial charge in [-0.15, -0.1) is 6.58 Å². The average molecular weight is 180 g/mol. The summed E-state index contributed by atoms with van der Waals surface area (Å²) in [5.41, 5.74) is -0.0534. The molecule has 0 saturated heterocycles. The van der Waals surface area contributed by atoms with E-state index in [0.29, 0.717) is 0 Å². The van der Waals surface area contributed by atoms with Gasteiger partial charge in [-0.3, -0.25) is 0 Å². The van der Waals surface area contributed by atoms with Crippen LogP contribution in [0.1, 0.15) is 51.4 Å². The highest BCUT2D eigenvalue weighted by Crippen LogP contribution is 2.35. The van der Waals surface area contributed by atoms with Crippen LogP contribution in [0.3, 0.4) is 0 Å². The molecule has 0 atom stereocenters. The van der Waals surface area contributed by atoms with Crippen LogP contribution < -0.4 is 0 Å². The van der Waals surface area contributed by atoms with Crippen LogP contribution in [0.15, 0.2) is 12.7 Å². The lowest BCUT2D eigenvalue weighted by atomic mass is 9.75. The number of carbonyl (C=O) groups is 1. The van der Waals surface area contributed by atoms with E-state index in [2.05, 4.69) is 6.58 Å². The molecule has 1 saturated carbocycles. The smallest absolute Gasteiger partial charge is 0.126 e. The first kappa shape index (κ1) is 10.5. The fourth-order valence-electron chi connectivity index (χ4n) is 2.27. The second-order valence-corrected chi connectivity index (χ2v) is 4.24. The van der Waals surface area contributed by atoms with Crippen molar-refractivity contribution in [1.29, 1.82) is 0 Å². The molecule has 13 heavy (non-hydrogen) atoms. The van der Waals surface area contributed by atoms with E-state index in [9.17, 15) is 4.79 Å². The van der Waals surface area contributed by atoms with Gasteiger partial charge in [0.25, 0.3) is 0 Å². The zero-order valence-electron chi connectivity index (χ0n) is 8.43. The van der Waals surface area contributed by atoms with Gasteiger partial charge < -0.3 is 4.79 Å². The minimum absolute atomic E-state index is 0.0534. The van der Waals surface area contributed by atoms with E-state index in [1.807, 2.05) is 6.08 Å². The fraction of sp³-hybridized carbons (Fsp3) is 0.750. The van der Waals surface area contributed by atoms with Crippen LogP contribution in [0.2, 0.25) is 0 Å². The molecule has 0 aromatic carbocycles. The quantitative estimate of drug-likeness (QED) is 0.480. The molecule has 74 valence electrons. The Labute approximate surface area is 81.2 Å². The van der Waals surface area contributed by atoms with E-state index in [4.69, 9.17) is 0 Å². The highest BCUT2D eigenvalue weighted by molar-refractivity contribution is 5.59. The number of rotatable bonds is 3. The van der Waals surface area contributed by atoms with Crippen LogP contribution in [-0.4, -0.2) is 6.29 Å². The Morgan fingerprint density at radius 2 is 1.62 bits per heavy atom. The lowest BCUT2D eigenvalue weighted by Gasteiger charge is -2.28. The molecule has 0 bridgehead atoms. The number of hydrogen-bond donors (Lipinski definition) is 0. The number of allylic oxidation sites excluding steroid dienone is 1. The molecular weight excluding hydrogens is 160 g/mol. The van der Waals surface area contributed by atoms with Gasteiger partial charge in [0.1, 0.15) is 6.29 Å². The number of carbonyl (C=O) groups excluding carboxylic acids is 1. The monoisotopic (exact) mass is 180 g/mol. The van der Waals surface area contributed by atoms with Crippen molar-refractivity contribution < 1.29 is 4.79 Å². The van der Waals surface area contributed by atoms with Crippen LogP contribution in [0, 0.1) is 5.41 Å². The Morgan fingerprint density at radius 1 is 1.08 bits per heavy atom. The molecular formula is C12H20O. The number of hydrogen-bond acceptors (Lipinski definition) is 1. The zero-order chi connectivity index (χ0) is 9.57. The van der Waals surface area contributed by atoms with Crippen LogP contribution in [0.4, 0.5) is 0 Å². The topological polar surface area (TPSA) is 17.1 Å². The van der Waals surface area contributed by atoms with Crippen LogP contribution in [0.25, 0.3) is 0 Å². The van der Waals surface area contributed by atoms with E-state index in [0.717, 1.165) is 19.3 Å². The molecule has 0 aromatic heterocycles. The molecule has 0 amide bonds. The van der Waals surface area contributed by atoms with Gasteiger partial charge >= 0.3 is 0 Å². The maximum absolute atomic E-state index is 11.1. The van der Waals surface area contributed by atoms with Crippen molar-refractivity contribution >= 4 is 6.29 Å². The largest absolute Gasteiger partial charge is 0.303 e. The summed E-state index contributed by atoms with van der Waals surface area (Å²) in [5.74, 6) is 0. The van der Waals surface area contributed by atoms with Crippen molar-refractivity contribution in [3.05, 3.63) is 12.7 Å². The lowest BCUT2D eigenvalue weighted by molar-refractivity contribution is -0.117. The molecule has 0 unspecified atom stereocenters. The molecule has 1 rings (SSSR count). The zero-order valence-corrected chi connectivity index (χ0v) is 8.43. The summed E-state index contributed by atoms with van der Waals surface area (Å²) in [5, 5.41) is 0. The second kappa shape index (κ2) is 5.21. The molecule has 1 aliphatic carbocycles. The summed E-state index contributed by atoms with van der Waals surface area (Å²) in [6, 6.07) is 0. The Bertz CT molecular complexity index is 164. The average Bonchev–Trinajstić information content (AvgIpc) is 2.10. The first-order valence-electron chi connectivity index (χ1n) is 5.40. The third kappa shape index (κ3) is 2.98. The van der Waals surface area contributed by atoms with Crippen molar-refractivity contribution in [1.82, 2.24) is 0 Å². The second-order valence-electron chi connectivity index (χ2n) is 4.24. The van der Waals surface area contributed by atoms with Crippen LogP contribution in [-0.2, 0) is 4.79 Å². The molecule has 1 aliphatic rings. The fourth-order valence-corrected chi connectivity index (χ4v) is 2.27. The van der Waals surface area contributed by atoms with Gasteiger partial charge in [-0.2, -0.15) is 0 Å². The van der Waals surface area contributed by atoms with Crippen molar-refractivity contribution in [2.45, 2.75) is 51.4 Å². The predicted molar refractivity (Wildman–Crippen MR) is 55.6 cm³/mol. The van der Waals surface area contributed by atoms with Gasteiger partial charge in [0.2, 0.25) is 0 Å². The first-order chi connectivity index (χ1) is 6.33. The van der Waals surface area contributed by atoms with Gasteiger partial charge in [0.15, 0.2) is 0 Å². The Hall–Kier alpha value is -0.590. The van der Waals surface area contributed by atoms with E-state index >= 15 is 0 Å². The maximum atomic E-state index is 11.1. The van der Waals surface area contributed by atoms with Gasteiger partial charge in [-0.1, -0.05) is 38.2 Å². The molecule has 0 aliphatic heterocycles. The minimum atomic E-state index is -0.0534. The molecule has 1 nitrogen and oxygen atoms in total. The minimum Gasteiger partial charge on any atom is -0.303 e. The molecule has 0 radical (unpaired) electrons. The molecule has 0 aromatic rings. The maximum Gasteiger partial charge on any atom is 0.126 e. The predicted octanol–water partition coefficient (Wildman–Crippen LogP) is 3.49. The molecule has 0 spiro atoms. The first-order valence-corrected chi connectivity index (χ1v) is 5.40. The van der Waals surface area contributed by atoms with Crippen molar-refractivity contribution in [3.63, 3.8) is 0 Å². The van der Waals surface area contributed by atoms with E-state index < -0.39 is 0 Å². The van der Waals surface area contributed by atoms with Gasteiger partial charge in [-0.25, -0.2) is 0 Å². The van der Waals surface area contributed by atoms with Crippen molar-refractivity contribution in [2.24, 2.45) is 5.41 Å². The summed E-state index contributed by atoms with van der Waals surface area (Å²) in [6.45, 7) is 3.74. The van der Waals surface area contributed by atoms with Crippen LogP contribution >= 0.6 is 0 Å². The molecule has 0 N–H and O–H groups in total. The van der Waals surface area contributed by atoms with Gasteiger partial charge in [-0.05, 0) is 19.3 Å². The summed E-state index contributed by atoms with van der Waals surface area (Å²) >= 11 is 0. The van der Waals surface area contributed by atoms with E-state index in [-0.39, 0.29) is 5.41 Å². The Kier molecular flexibility index (Phi) is 4.20. The highest BCUT2D eigenvalue weighted by atomic mass is 16.1. The van der Waals surface area contributed by atoms with Crippen molar-refractivity contribution in [3.8, 4) is 0 Å². The van der Waals surface area contributed by atoms with Gasteiger partial charge in [0.05, 0.1) is 0 Å². The molecule has 1 fully saturated rings. The summed E-state index contributed by atoms with van der Waals surface area (Å²) in [4.78, 5) is 11.1. The summed E-state index contributed by atoms with van der Waals surface area (Å²) < 4.78 is 0. The number of aldehydes is 1. The SMILES string of the molecule is C=CCC1(C=O)CCCCCCC1. The Morgan fingerprint density at radius 3 is 2.08 bits per heavy atom. The van der Waals surface area contributed by atoms with Gasteiger partial charge in [0, 0.05) is 5.41 Å². The molecule has 0 heterocycles. The van der Waals surface area contributed by atoms with E-state index in [1.54, 1.807) is 0 Å². The Balaban J connectivity index is 2.57. The lowest BCUT2D eigenvalue weighted by Crippen LogP contribution is -2.23. The van der Waals surface area contributed by atoms with E-state index in [1.165, 1.54) is 38.4 Å². The molecule has 1 heteroatoms. The van der Waals surface area contributed by atoms with Crippen molar-refractivity contribution in [2.75, 3.05) is 0 Å². The highest BCUT2D eigenvalue weighted by Gasteiger charge is 2.27. The standard InChI is InChI=1S/C12H20O/c1-2-8-12(11-13)9-6-4-3-5-7-10-12/h2,11H,1,3-10H2. The normalized spacial score (nSPS) is 22.8. The summed E-state index contributed by atoms with van der Waals surface area (Å²) in [6.07, 6.45) is 12.5. The van der Waals surface area contributed by atoms with Crippen LogP contribution in [0.5, 0.6) is 0 Å². The summed E-state index contributed by atoms with van der Waals surface area (Å²) in [7, 11) is 0. The third-order valence-corrected chi connectivity index (χ3v) is 3.15.